The van der Waals surface area contributed by atoms with Gasteiger partial charge in [0, 0.05) is 11.1 Å². The average Bonchev–Trinajstić information content (AvgIpc) is 2.79. The maximum atomic E-state index is 5.71. The highest BCUT2D eigenvalue weighted by Crippen LogP contribution is 2.58. The summed E-state index contributed by atoms with van der Waals surface area (Å²) in [7, 11) is 1.80. The van der Waals surface area contributed by atoms with Crippen LogP contribution >= 0.6 is 0 Å². The number of hydrogen-bond acceptors (Lipinski definition) is 2. The fourth-order valence-electron chi connectivity index (χ4n) is 5.44. The summed E-state index contributed by atoms with van der Waals surface area (Å²) >= 11 is 0. The van der Waals surface area contributed by atoms with Crippen molar-refractivity contribution in [3.05, 3.63) is 22.8 Å². The third-order valence-corrected chi connectivity index (χ3v) is 6.14. The highest BCUT2D eigenvalue weighted by atomic mass is 16.5. The Hall–Kier alpha value is -1.31. The number of nitrogens with zero attached hydrogens (tertiary/aromatic N) is 1. The third kappa shape index (κ3) is 1.62. The Kier molecular flexibility index (Phi) is 2.92. The molecule has 0 radical (unpaired) electrons. The van der Waals surface area contributed by atoms with E-state index in [1.807, 2.05) is 0 Å². The summed E-state index contributed by atoms with van der Waals surface area (Å²) in [6, 6.07) is 2.26. The molecule has 1 heterocycles. The second-order valence-corrected chi connectivity index (χ2v) is 7.11. The average molecular weight is 283 g/mol. The molecule has 112 valence electrons. The first-order valence-electron chi connectivity index (χ1n) is 8.45. The normalized spacial score (nSPS) is 30.2. The van der Waals surface area contributed by atoms with Crippen LogP contribution in [0.15, 0.2) is 11.1 Å². The van der Waals surface area contributed by atoms with Crippen molar-refractivity contribution < 1.29 is 4.74 Å². The molecule has 1 aliphatic heterocycles. The molecular weight excluding hydrogens is 258 g/mol. The van der Waals surface area contributed by atoms with Crippen LogP contribution in [0.2, 0.25) is 0 Å². The molecule has 1 aromatic carbocycles. The van der Waals surface area contributed by atoms with Crippen molar-refractivity contribution in [1.82, 2.24) is 0 Å². The van der Waals surface area contributed by atoms with E-state index in [9.17, 15) is 0 Å². The summed E-state index contributed by atoms with van der Waals surface area (Å²) in [5.41, 5.74) is 7.08. The van der Waals surface area contributed by atoms with Gasteiger partial charge < -0.3 is 4.74 Å². The molecule has 3 aliphatic rings. The molecular formula is C19H25NO. The Bertz CT molecular complexity index is 629. The van der Waals surface area contributed by atoms with Gasteiger partial charge in [0.25, 0.3) is 0 Å². The Morgan fingerprint density at radius 3 is 2.81 bits per heavy atom. The van der Waals surface area contributed by atoms with Gasteiger partial charge in [-0.25, -0.2) is 0 Å². The second kappa shape index (κ2) is 4.59. The van der Waals surface area contributed by atoms with Crippen molar-refractivity contribution in [2.75, 3.05) is 7.11 Å². The summed E-state index contributed by atoms with van der Waals surface area (Å²) in [5, 5.41) is 0. The summed E-state index contributed by atoms with van der Waals surface area (Å²) in [4.78, 5) is 5.11. The van der Waals surface area contributed by atoms with E-state index in [4.69, 9.17) is 9.73 Å². The van der Waals surface area contributed by atoms with E-state index < -0.39 is 0 Å². The minimum Gasteiger partial charge on any atom is -0.496 e. The van der Waals surface area contributed by atoms with Gasteiger partial charge in [0.05, 0.1) is 12.8 Å². The van der Waals surface area contributed by atoms with E-state index in [0.29, 0.717) is 0 Å². The highest BCUT2D eigenvalue weighted by molar-refractivity contribution is 6.03. The van der Waals surface area contributed by atoms with E-state index in [2.05, 4.69) is 19.9 Å². The van der Waals surface area contributed by atoms with Gasteiger partial charge in [-0.15, -0.1) is 0 Å². The molecule has 4 rings (SSSR count). The molecule has 1 unspecified atom stereocenters. The van der Waals surface area contributed by atoms with Crippen LogP contribution in [0, 0.1) is 19.8 Å². The Morgan fingerprint density at radius 1 is 1.19 bits per heavy atom. The molecule has 2 fully saturated rings. The predicted octanol–water partition coefficient (Wildman–Crippen LogP) is 5.01. The van der Waals surface area contributed by atoms with Gasteiger partial charge in [0.1, 0.15) is 5.75 Å². The van der Waals surface area contributed by atoms with Crippen molar-refractivity contribution in [3.8, 4) is 5.75 Å². The second-order valence-electron chi connectivity index (χ2n) is 7.11. The lowest BCUT2D eigenvalue weighted by molar-refractivity contribution is 0.220. The van der Waals surface area contributed by atoms with Gasteiger partial charge in [-0.1, -0.05) is 12.8 Å². The van der Waals surface area contributed by atoms with Crippen LogP contribution < -0.4 is 4.74 Å². The minimum absolute atomic E-state index is 0.261. The van der Waals surface area contributed by atoms with E-state index >= 15 is 0 Å². The van der Waals surface area contributed by atoms with Gasteiger partial charge in [0.2, 0.25) is 0 Å². The van der Waals surface area contributed by atoms with Crippen molar-refractivity contribution in [1.29, 1.82) is 0 Å². The van der Waals surface area contributed by atoms with Crippen LogP contribution in [-0.2, 0) is 5.41 Å². The predicted molar refractivity (Wildman–Crippen MR) is 87.1 cm³/mol. The quantitative estimate of drug-likeness (QED) is 0.710. The van der Waals surface area contributed by atoms with E-state index in [-0.39, 0.29) is 5.41 Å². The molecule has 2 saturated carbocycles. The fraction of sp³-hybridized carbons (Fsp3) is 0.632. The topological polar surface area (TPSA) is 21.6 Å². The number of fused-ring (bicyclic) bond motifs is 1. The maximum Gasteiger partial charge on any atom is 0.125 e. The lowest BCUT2D eigenvalue weighted by atomic mass is 9.55. The molecule has 2 nitrogen and oxygen atoms in total. The number of ether oxygens (including phenoxy) is 1. The van der Waals surface area contributed by atoms with Gasteiger partial charge >= 0.3 is 0 Å². The highest BCUT2D eigenvalue weighted by Gasteiger charge is 2.52. The summed E-state index contributed by atoms with van der Waals surface area (Å²) in [6.45, 7) is 4.39. The van der Waals surface area contributed by atoms with Crippen LogP contribution in [0.4, 0.5) is 5.69 Å². The molecule has 1 aromatic rings. The monoisotopic (exact) mass is 283 g/mol. The van der Waals surface area contributed by atoms with E-state index in [0.717, 1.165) is 11.7 Å². The summed E-state index contributed by atoms with van der Waals surface area (Å²) < 4.78 is 5.71. The smallest absolute Gasteiger partial charge is 0.125 e. The molecule has 2 atom stereocenters. The number of hydrogen-bond donors (Lipinski definition) is 0. The van der Waals surface area contributed by atoms with Crippen molar-refractivity contribution in [3.63, 3.8) is 0 Å². The zero-order chi connectivity index (χ0) is 14.6. The van der Waals surface area contributed by atoms with Crippen LogP contribution in [0.5, 0.6) is 5.75 Å². The lowest BCUT2D eigenvalue weighted by Crippen LogP contribution is -2.46. The molecule has 0 bridgehead atoms. The lowest BCUT2D eigenvalue weighted by Gasteiger charge is -2.47. The first-order valence-corrected chi connectivity index (χ1v) is 8.45. The zero-order valence-corrected chi connectivity index (χ0v) is 13.5. The van der Waals surface area contributed by atoms with Crippen LogP contribution in [0.25, 0.3) is 0 Å². The number of aliphatic imine (C=N–C) groups is 1. The van der Waals surface area contributed by atoms with E-state index in [1.165, 1.54) is 73.0 Å². The Morgan fingerprint density at radius 2 is 2.00 bits per heavy atom. The molecule has 0 amide bonds. The molecule has 21 heavy (non-hydrogen) atoms. The van der Waals surface area contributed by atoms with Crippen molar-refractivity contribution in [2.45, 2.75) is 64.2 Å². The molecule has 0 saturated heterocycles. The molecule has 0 N–H and O–H groups in total. The number of benzene rings is 1. The number of aryl methyl sites for hydroxylation is 1. The Balaban J connectivity index is 1.97. The standard InChI is InChI=1S/C19H25NO/c1-12-11-15-17(13(2)18(12)21-3)19-10-5-4-7-14(19)8-6-9-16(19)20-15/h11,14H,4-10H2,1-3H3/t14-,19?/m0/s1. The van der Waals surface area contributed by atoms with Gasteiger partial charge in [-0.05, 0) is 74.6 Å². The van der Waals surface area contributed by atoms with Gasteiger partial charge in [-0.3, -0.25) is 4.99 Å². The van der Waals surface area contributed by atoms with Gasteiger partial charge in [0.15, 0.2) is 0 Å². The summed E-state index contributed by atoms with van der Waals surface area (Å²) in [5.74, 6) is 1.89. The van der Waals surface area contributed by atoms with Crippen LogP contribution in [-0.4, -0.2) is 12.8 Å². The van der Waals surface area contributed by atoms with E-state index in [1.54, 1.807) is 7.11 Å². The maximum absolute atomic E-state index is 5.71. The third-order valence-electron chi connectivity index (χ3n) is 6.14. The number of methoxy groups -OCH3 is 1. The number of rotatable bonds is 1. The molecule has 0 aromatic heterocycles. The van der Waals surface area contributed by atoms with Crippen LogP contribution in [0.3, 0.4) is 0 Å². The minimum atomic E-state index is 0.261. The molecule has 1 spiro atoms. The largest absolute Gasteiger partial charge is 0.496 e. The van der Waals surface area contributed by atoms with Gasteiger partial charge in [-0.2, -0.15) is 0 Å². The van der Waals surface area contributed by atoms with Crippen molar-refractivity contribution >= 4 is 11.4 Å². The zero-order valence-electron chi connectivity index (χ0n) is 13.5. The molecule has 2 heteroatoms. The van der Waals surface area contributed by atoms with Crippen molar-refractivity contribution in [2.24, 2.45) is 10.9 Å². The fourth-order valence-corrected chi connectivity index (χ4v) is 5.44. The first kappa shape index (κ1) is 13.4. The van der Waals surface area contributed by atoms with Crippen LogP contribution in [0.1, 0.15) is 61.6 Å². The molecule has 2 aliphatic carbocycles. The first-order chi connectivity index (χ1) is 10.2. The Labute approximate surface area is 127 Å². The summed E-state index contributed by atoms with van der Waals surface area (Å²) in [6.07, 6.45) is 9.35. The SMILES string of the molecule is COc1c(C)cc2c(c1C)C13CCCC[C@H]1CCCC3=N2.